The molecule has 2 aliphatic heterocycles. The van der Waals surface area contributed by atoms with Crippen molar-refractivity contribution in [1.82, 2.24) is 15.1 Å². The minimum absolute atomic E-state index is 0.0173. The van der Waals surface area contributed by atoms with Gasteiger partial charge in [0.05, 0.1) is 12.6 Å². The molecule has 0 saturated carbocycles. The first-order chi connectivity index (χ1) is 12.2. The minimum Gasteiger partial charge on any atom is -0.494 e. The third-order valence-electron chi connectivity index (χ3n) is 4.47. The quantitative estimate of drug-likeness (QED) is 0.857. The number of carbonyl (C=O) groups excluding carboxylic acids is 2. The van der Waals surface area contributed by atoms with E-state index >= 15 is 0 Å². The minimum atomic E-state index is -0.0667. The summed E-state index contributed by atoms with van der Waals surface area (Å²) in [7, 11) is 0. The van der Waals surface area contributed by atoms with Crippen LogP contribution in [0.25, 0.3) is 0 Å². The molecule has 7 heteroatoms. The average Bonchev–Trinajstić information content (AvgIpc) is 3.20. The van der Waals surface area contributed by atoms with Crippen LogP contribution < -0.4 is 10.1 Å². The summed E-state index contributed by atoms with van der Waals surface area (Å²) in [6, 6.07) is 7.23. The molecule has 1 aromatic rings. The van der Waals surface area contributed by atoms with Crippen molar-refractivity contribution in [2.45, 2.75) is 19.4 Å². The molecule has 0 aromatic heterocycles. The van der Waals surface area contributed by atoms with Gasteiger partial charge in [-0.25, -0.2) is 0 Å². The molecule has 0 bridgehead atoms. The van der Waals surface area contributed by atoms with Crippen LogP contribution in [0.4, 0.5) is 0 Å². The second-order valence-corrected chi connectivity index (χ2v) is 7.29. The third kappa shape index (κ3) is 4.46. The Hall–Kier alpha value is -1.73. The number of hydrogen-bond acceptors (Lipinski definition) is 5. The van der Waals surface area contributed by atoms with Gasteiger partial charge in [-0.2, -0.15) is 0 Å². The maximum atomic E-state index is 12.6. The number of thioether (sulfide) groups is 1. The average molecular weight is 363 g/mol. The standard InChI is InChI=1S/C18H25N3O3S/c1-2-11-24-15-5-3-14(4-6-15)17(22)20-7-9-21(10-8-20)18(23)16-12-25-13-19-16/h3-6,16,19H,2,7-13H2,1H3. The second kappa shape index (κ2) is 8.58. The number of benzene rings is 1. The lowest BCUT2D eigenvalue weighted by Gasteiger charge is -2.36. The summed E-state index contributed by atoms with van der Waals surface area (Å²) in [4.78, 5) is 28.7. The molecule has 2 fully saturated rings. The van der Waals surface area contributed by atoms with Crippen LogP contribution in [0.5, 0.6) is 5.75 Å². The Bertz CT molecular complexity index is 594. The summed E-state index contributed by atoms with van der Waals surface area (Å²) < 4.78 is 5.55. The summed E-state index contributed by atoms with van der Waals surface area (Å²) >= 11 is 1.75. The number of carbonyl (C=O) groups is 2. The Balaban J connectivity index is 1.51. The van der Waals surface area contributed by atoms with Crippen molar-refractivity contribution < 1.29 is 14.3 Å². The molecule has 25 heavy (non-hydrogen) atoms. The number of piperazine rings is 1. The molecule has 3 rings (SSSR count). The topological polar surface area (TPSA) is 61.9 Å². The molecular weight excluding hydrogens is 338 g/mol. The molecule has 0 spiro atoms. The normalized spacial score (nSPS) is 20.6. The largest absolute Gasteiger partial charge is 0.494 e. The van der Waals surface area contributed by atoms with Crippen molar-refractivity contribution in [3.05, 3.63) is 29.8 Å². The van der Waals surface area contributed by atoms with Crippen LogP contribution in [0.1, 0.15) is 23.7 Å². The van der Waals surface area contributed by atoms with Crippen LogP contribution in [0.2, 0.25) is 0 Å². The van der Waals surface area contributed by atoms with E-state index in [9.17, 15) is 9.59 Å². The van der Waals surface area contributed by atoms with Crippen molar-refractivity contribution in [2.24, 2.45) is 0 Å². The predicted octanol–water partition coefficient (Wildman–Crippen LogP) is 1.42. The number of ether oxygens (including phenoxy) is 1. The molecule has 1 N–H and O–H groups in total. The summed E-state index contributed by atoms with van der Waals surface area (Å²) in [5.74, 6) is 2.64. The molecule has 136 valence electrons. The summed E-state index contributed by atoms with van der Waals surface area (Å²) in [5, 5.41) is 3.21. The van der Waals surface area contributed by atoms with E-state index in [0.717, 1.165) is 23.8 Å². The molecule has 2 saturated heterocycles. The van der Waals surface area contributed by atoms with Crippen LogP contribution >= 0.6 is 11.8 Å². The Labute approximate surface area is 152 Å². The fourth-order valence-electron chi connectivity index (χ4n) is 3.00. The zero-order valence-corrected chi connectivity index (χ0v) is 15.4. The van der Waals surface area contributed by atoms with Gasteiger partial charge in [0, 0.05) is 43.4 Å². The molecule has 0 radical (unpaired) electrons. The highest BCUT2D eigenvalue weighted by atomic mass is 32.2. The van der Waals surface area contributed by atoms with Crippen molar-refractivity contribution >= 4 is 23.6 Å². The smallest absolute Gasteiger partial charge is 0.253 e. The fraction of sp³-hybridized carbons (Fsp3) is 0.556. The highest BCUT2D eigenvalue weighted by Gasteiger charge is 2.30. The fourth-order valence-corrected chi connectivity index (χ4v) is 3.93. The van der Waals surface area contributed by atoms with Crippen molar-refractivity contribution in [2.75, 3.05) is 44.4 Å². The summed E-state index contributed by atoms with van der Waals surface area (Å²) in [6.45, 7) is 5.11. The Morgan fingerprint density at radius 1 is 1.16 bits per heavy atom. The van der Waals surface area contributed by atoms with E-state index in [2.05, 4.69) is 12.2 Å². The highest BCUT2D eigenvalue weighted by Crippen LogP contribution is 2.17. The SMILES string of the molecule is CCCOc1ccc(C(=O)N2CCN(C(=O)C3CSCN3)CC2)cc1. The molecule has 1 unspecified atom stereocenters. The molecular formula is C18H25N3O3S. The zero-order valence-electron chi connectivity index (χ0n) is 14.6. The molecule has 1 aromatic carbocycles. The lowest BCUT2D eigenvalue weighted by molar-refractivity contribution is -0.134. The lowest BCUT2D eigenvalue weighted by Crippen LogP contribution is -2.54. The summed E-state index contributed by atoms with van der Waals surface area (Å²) in [5.41, 5.74) is 0.664. The monoisotopic (exact) mass is 363 g/mol. The van der Waals surface area contributed by atoms with Crippen LogP contribution in [0.3, 0.4) is 0 Å². The van der Waals surface area contributed by atoms with Crippen LogP contribution in [-0.2, 0) is 4.79 Å². The summed E-state index contributed by atoms with van der Waals surface area (Å²) in [6.07, 6.45) is 0.957. The maximum absolute atomic E-state index is 12.6. The van der Waals surface area contributed by atoms with Crippen molar-refractivity contribution in [3.8, 4) is 5.75 Å². The van der Waals surface area contributed by atoms with Gasteiger partial charge in [0.25, 0.3) is 5.91 Å². The lowest BCUT2D eigenvalue weighted by atomic mass is 10.1. The van der Waals surface area contributed by atoms with Crippen LogP contribution in [-0.4, -0.2) is 72.1 Å². The van der Waals surface area contributed by atoms with Crippen molar-refractivity contribution in [1.29, 1.82) is 0 Å². The molecule has 6 nitrogen and oxygen atoms in total. The molecule has 2 heterocycles. The van der Waals surface area contributed by atoms with Gasteiger partial charge in [-0.15, -0.1) is 11.8 Å². The van der Waals surface area contributed by atoms with E-state index in [1.54, 1.807) is 11.8 Å². The number of rotatable bonds is 5. The first kappa shape index (κ1) is 18.1. The Kier molecular flexibility index (Phi) is 6.20. The molecule has 2 aliphatic rings. The third-order valence-corrected chi connectivity index (χ3v) is 5.41. The van der Waals surface area contributed by atoms with E-state index in [1.807, 2.05) is 34.1 Å². The number of hydrogen-bond donors (Lipinski definition) is 1. The first-order valence-electron chi connectivity index (χ1n) is 8.81. The van der Waals surface area contributed by atoms with E-state index in [-0.39, 0.29) is 17.9 Å². The van der Waals surface area contributed by atoms with E-state index in [1.165, 1.54) is 0 Å². The van der Waals surface area contributed by atoms with Gasteiger partial charge in [-0.05, 0) is 30.7 Å². The number of nitrogens with zero attached hydrogens (tertiary/aromatic N) is 2. The van der Waals surface area contributed by atoms with Gasteiger partial charge in [0.15, 0.2) is 0 Å². The van der Waals surface area contributed by atoms with Gasteiger partial charge >= 0.3 is 0 Å². The maximum Gasteiger partial charge on any atom is 0.253 e. The van der Waals surface area contributed by atoms with Gasteiger partial charge < -0.3 is 14.5 Å². The Morgan fingerprint density at radius 3 is 2.44 bits per heavy atom. The van der Waals surface area contributed by atoms with Gasteiger partial charge in [-0.1, -0.05) is 6.92 Å². The van der Waals surface area contributed by atoms with E-state index < -0.39 is 0 Å². The van der Waals surface area contributed by atoms with Crippen LogP contribution in [0, 0.1) is 0 Å². The second-order valence-electron chi connectivity index (χ2n) is 6.26. The first-order valence-corrected chi connectivity index (χ1v) is 9.96. The molecule has 2 amide bonds. The highest BCUT2D eigenvalue weighted by molar-refractivity contribution is 7.99. The number of amides is 2. The van der Waals surface area contributed by atoms with Gasteiger partial charge in [0.1, 0.15) is 5.75 Å². The molecule has 0 aliphatic carbocycles. The Morgan fingerprint density at radius 2 is 1.84 bits per heavy atom. The van der Waals surface area contributed by atoms with Gasteiger partial charge in [-0.3, -0.25) is 14.9 Å². The number of nitrogens with one attached hydrogen (secondary N) is 1. The van der Waals surface area contributed by atoms with Crippen molar-refractivity contribution in [3.63, 3.8) is 0 Å². The molecule has 1 atom stereocenters. The zero-order chi connectivity index (χ0) is 17.6. The van der Waals surface area contributed by atoms with Crippen LogP contribution in [0.15, 0.2) is 24.3 Å². The van der Waals surface area contributed by atoms with E-state index in [4.69, 9.17) is 4.74 Å². The van der Waals surface area contributed by atoms with Gasteiger partial charge in [0.2, 0.25) is 5.91 Å². The predicted molar refractivity (Wildman–Crippen MR) is 99.0 cm³/mol. The van der Waals surface area contributed by atoms with E-state index in [0.29, 0.717) is 38.3 Å².